The molecule has 3 nitrogen and oxygen atoms in total. The third kappa shape index (κ3) is 1.62. The lowest BCUT2D eigenvalue weighted by atomic mass is 10.1. The average molecular weight is 181 g/mol. The highest BCUT2D eigenvalue weighted by molar-refractivity contribution is 5.41. The van der Waals surface area contributed by atoms with Crippen LogP contribution in [0.1, 0.15) is 0 Å². The van der Waals surface area contributed by atoms with Gasteiger partial charge in [-0.2, -0.15) is 4.39 Å². The van der Waals surface area contributed by atoms with E-state index in [-0.39, 0.29) is 0 Å². The van der Waals surface area contributed by atoms with Gasteiger partial charge in [-0.15, -0.1) is 0 Å². The highest BCUT2D eigenvalue weighted by Gasteiger charge is 2.25. The summed E-state index contributed by atoms with van der Waals surface area (Å²) in [5.41, 5.74) is 0. The van der Waals surface area contributed by atoms with Gasteiger partial charge in [-0.05, 0) is 19.2 Å². The molecule has 1 aliphatic heterocycles. The van der Waals surface area contributed by atoms with Crippen molar-refractivity contribution >= 4 is 5.82 Å². The van der Waals surface area contributed by atoms with E-state index in [2.05, 4.69) is 10.3 Å². The maximum absolute atomic E-state index is 12.7. The largest absolute Gasteiger partial charge is 0.353 e. The van der Waals surface area contributed by atoms with Gasteiger partial charge in [-0.1, -0.05) is 6.07 Å². The van der Waals surface area contributed by atoms with E-state index in [4.69, 9.17) is 0 Å². The second-order valence-electron chi connectivity index (χ2n) is 3.21. The number of pyridine rings is 1. The van der Waals surface area contributed by atoms with Crippen LogP contribution in [0, 0.1) is 5.95 Å². The SMILES string of the molecule is CNC1CN(c2cccc(F)n2)C1. The van der Waals surface area contributed by atoms with Gasteiger partial charge in [0.2, 0.25) is 5.95 Å². The van der Waals surface area contributed by atoms with Crippen LogP contribution < -0.4 is 10.2 Å². The Kier molecular flexibility index (Phi) is 2.14. The maximum atomic E-state index is 12.7. The molecule has 0 aromatic carbocycles. The van der Waals surface area contributed by atoms with Gasteiger partial charge in [-0.3, -0.25) is 0 Å². The van der Waals surface area contributed by atoms with Gasteiger partial charge in [0.15, 0.2) is 0 Å². The Morgan fingerprint density at radius 3 is 2.92 bits per heavy atom. The van der Waals surface area contributed by atoms with E-state index in [0.29, 0.717) is 6.04 Å². The zero-order valence-corrected chi connectivity index (χ0v) is 7.50. The normalized spacial score (nSPS) is 17.2. The first-order valence-corrected chi connectivity index (χ1v) is 4.34. The number of aromatic nitrogens is 1. The summed E-state index contributed by atoms with van der Waals surface area (Å²) in [4.78, 5) is 5.84. The fraction of sp³-hybridized carbons (Fsp3) is 0.444. The molecule has 2 heterocycles. The summed E-state index contributed by atoms with van der Waals surface area (Å²) in [5.74, 6) is 0.317. The molecule has 1 aromatic heterocycles. The molecule has 0 saturated carbocycles. The first kappa shape index (κ1) is 8.44. The molecule has 0 radical (unpaired) electrons. The van der Waals surface area contributed by atoms with Gasteiger partial charge in [0, 0.05) is 19.1 Å². The van der Waals surface area contributed by atoms with E-state index in [1.165, 1.54) is 6.07 Å². The topological polar surface area (TPSA) is 28.2 Å². The first-order valence-electron chi connectivity index (χ1n) is 4.34. The summed E-state index contributed by atoms with van der Waals surface area (Å²) in [6.07, 6.45) is 0. The highest BCUT2D eigenvalue weighted by Crippen LogP contribution is 2.17. The highest BCUT2D eigenvalue weighted by atomic mass is 19.1. The lowest BCUT2D eigenvalue weighted by Crippen LogP contribution is -2.57. The third-order valence-electron chi connectivity index (χ3n) is 2.31. The van der Waals surface area contributed by atoms with E-state index in [1.54, 1.807) is 6.07 Å². The zero-order chi connectivity index (χ0) is 9.26. The first-order chi connectivity index (χ1) is 6.29. The van der Waals surface area contributed by atoms with E-state index in [0.717, 1.165) is 18.9 Å². The number of hydrogen-bond acceptors (Lipinski definition) is 3. The van der Waals surface area contributed by atoms with Gasteiger partial charge in [0.25, 0.3) is 0 Å². The Balaban J connectivity index is 2.03. The fourth-order valence-electron chi connectivity index (χ4n) is 1.42. The number of rotatable bonds is 2. The number of anilines is 1. The molecule has 0 aliphatic carbocycles. The minimum atomic E-state index is -0.412. The molecule has 70 valence electrons. The van der Waals surface area contributed by atoms with Crippen LogP contribution in [0.5, 0.6) is 0 Å². The Morgan fingerprint density at radius 2 is 2.31 bits per heavy atom. The Hall–Kier alpha value is -1.16. The van der Waals surface area contributed by atoms with Crippen molar-refractivity contribution in [1.29, 1.82) is 0 Å². The summed E-state index contributed by atoms with van der Waals surface area (Å²) in [7, 11) is 1.93. The van der Waals surface area contributed by atoms with E-state index in [1.807, 2.05) is 18.0 Å². The quantitative estimate of drug-likeness (QED) is 0.678. The average Bonchev–Trinajstić information content (AvgIpc) is 2.02. The van der Waals surface area contributed by atoms with Gasteiger partial charge in [0.1, 0.15) is 5.82 Å². The molecule has 2 rings (SSSR count). The van der Waals surface area contributed by atoms with Crippen LogP contribution >= 0.6 is 0 Å². The summed E-state index contributed by atoms with van der Waals surface area (Å²) >= 11 is 0. The second-order valence-corrected chi connectivity index (χ2v) is 3.21. The van der Waals surface area contributed by atoms with Gasteiger partial charge in [0.05, 0.1) is 0 Å². The molecule has 0 spiro atoms. The van der Waals surface area contributed by atoms with Crippen LogP contribution in [0.2, 0.25) is 0 Å². The number of halogens is 1. The smallest absolute Gasteiger partial charge is 0.214 e. The number of hydrogen-bond donors (Lipinski definition) is 1. The van der Waals surface area contributed by atoms with Crippen LogP contribution in [0.4, 0.5) is 10.2 Å². The standard InChI is InChI=1S/C9H12FN3/c1-11-7-5-13(6-7)9-4-2-3-8(10)12-9/h2-4,7,11H,5-6H2,1H3. The molecular weight excluding hydrogens is 169 g/mol. The minimum absolute atomic E-state index is 0.412. The Bertz CT molecular complexity index is 297. The second kappa shape index (κ2) is 3.30. The van der Waals surface area contributed by atoms with E-state index >= 15 is 0 Å². The molecule has 1 aromatic rings. The molecule has 1 saturated heterocycles. The number of nitrogens with zero attached hydrogens (tertiary/aromatic N) is 2. The Labute approximate surface area is 76.6 Å². The molecule has 0 atom stereocenters. The maximum Gasteiger partial charge on any atom is 0.214 e. The van der Waals surface area contributed by atoms with Gasteiger partial charge >= 0.3 is 0 Å². The van der Waals surface area contributed by atoms with Crippen molar-refractivity contribution in [3.63, 3.8) is 0 Å². The summed E-state index contributed by atoms with van der Waals surface area (Å²) < 4.78 is 12.7. The van der Waals surface area contributed by atoms with E-state index < -0.39 is 5.95 Å². The summed E-state index contributed by atoms with van der Waals surface area (Å²) in [6, 6.07) is 5.39. The predicted molar refractivity (Wildman–Crippen MR) is 49.3 cm³/mol. The third-order valence-corrected chi connectivity index (χ3v) is 2.31. The molecule has 1 fully saturated rings. The number of likely N-dealkylation sites (N-methyl/N-ethyl adjacent to an activating group) is 1. The van der Waals surface area contributed by atoms with Gasteiger partial charge < -0.3 is 10.2 Å². The lowest BCUT2D eigenvalue weighted by molar-refractivity contribution is 0.444. The molecule has 13 heavy (non-hydrogen) atoms. The van der Waals surface area contributed by atoms with Crippen LogP contribution in [-0.2, 0) is 0 Å². The predicted octanol–water partition coefficient (Wildman–Crippen LogP) is 0.629. The monoisotopic (exact) mass is 181 g/mol. The molecule has 0 bridgehead atoms. The summed E-state index contributed by atoms with van der Waals surface area (Å²) in [6.45, 7) is 1.82. The molecule has 0 unspecified atom stereocenters. The number of nitrogens with one attached hydrogen (secondary N) is 1. The van der Waals surface area contributed by atoms with Crippen LogP contribution in [0.25, 0.3) is 0 Å². The molecule has 1 aliphatic rings. The fourth-order valence-corrected chi connectivity index (χ4v) is 1.42. The van der Waals surface area contributed by atoms with Crippen LogP contribution in [0.3, 0.4) is 0 Å². The van der Waals surface area contributed by atoms with Crippen molar-refractivity contribution in [3.8, 4) is 0 Å². The van der Waals surface area contributed by atoms with Crippen molar-refractivity contribution in [2.75, 3.05) is 25.0 Å². The van der Waals surface area contributed by atoms with Crippen molar-refractivity contribution in [2.45, 2.75) is 6.04 Å². The van der Waals surface area contributed by atoms with Crippen molar-refractivity contribution in [1.82, 2.24) is 10.3 Å². The lowest BCUT2D eigenvalue weighted by Gasteiger charge is -2.39. The van der Waals surface area contributed by atoms with Gasteiger partial charge in [-0.25, -0.2) is 4.98 Å². The summed E-state index contributed by atoms with van der Waals surface area (Å²) in [5, 5.41) is 3.15. The molecular formula is C9H12FN3. The van der Waals surface area contributed by atoms with Crippen molar-refractivity contribution in [2.24, 2.45) is 0 Å². The van der Waals surface area contributed by atoms with Crippen molar-refractivity contribution < 1.29 is 4.39 Å². The van der Waals surface area contributed by atoms with Crippen LogP contribution in [-0.4, -0.2) is 31.2 Å². The molecule has 1 N–H and O–H groups in total. The van der Waals surface area contributed by atoms with E-state index in [9.17, 15) is 4.39 Å². The van der Waals surface area contributed by atoms with Crippen molar-refractivity contribution in [3.05, 3.63) is 24.1 Å². The molecule has 0 amide bonds. The minimum Gasteiger partial charge on any atom is -0.353 e. The zero-order valence-electron chi connectivity index (χ0n) is 7.50. The molecule has 4 heteroatoms. The van der Waals surface area contributed by atoms with Crippen LogP contribution in [0.15, 0.2) is 18.2 Å². The Morgan fingerprint density at radius 1 is 1.54 bits per heavy atom.